The fourth-order valence-corrected chi connectivity index (χ4v) is 3.07. The number of hydrogen-bond acceptors (Lipinski definition) is 6. The number of phenolic OH excluding ortho intramolecular Hbond substituents is 1. The van der Waals surface area contributed by atoms with Crippen LogP contribution in [0.15, 0.2) is 30.3 Å². The maximum atomic E-state index is 12.7. The third kappa shape index (κ3) is 3.74. The first-order valence-electron chi connectivity index (χ1n) is 8.43. The van der Waals surface area contributed by atoms with Gasteiger partial charge in [0.05, 0.1) is 5.56 Å². The maximum Gasteiger partial charge on any atom is 0.261 e. The summed E-state index contributed by atoms with van der Waals surface area (Å²) in [6.45, 7) is 4.14. The van der Waals surface area contributed by atoms with Crippen molar-refractivity contribution in [2.75, 3.05) is 12.0 Å². The number of para-hydroxylation sites is 1. The van der Waals surface area contributed by atoms with Crippen molar-refractivity contribution in [3.05, 3.63) is 47.3 Å². The third-order valence-electron chi connectivity index (χ3n) is 4.23. The number of aromatic hydroxyl groups is 1. The quantitative estimate of drug-likeness (QED) is 0.718. The molecule has 8 nitrogen and oxygen atoms in total. The fourth-order valence-electron chi connectivity index (χ4n) is 3.07. The van der Waals surface area contributed by atoms with E-state index in [0.717, 1.165) is 17.8 Å². The first-order valence-corrected chi connectivity index (χ1v) is 8.43. The molecular weight excluding hydrogens is 334 g/mol. The number of hydrazine groups is 1. The Hall–Kier alpha value is -3.16. The van der Waals surface area contributed by atoms with Gasteiger partial charge in [-0.1, -0.05) is 12.1 Å². The van der Waals surface area contributed by atoms with Gasteiger partial charge >= 0.3 is 0 Å². The number of likely N-dealkylation sites (tertiary alicyclic amines) is 1. The number of hydrogen-bond donors (Lipinski definition) is 3. The van der Waals surface area contributed by atoms with E-state index in [1.165, 1.54) is 11.0 Å². The molecular formula is C18H21N5O3. The second-order valence-corrected chi connectivity index (χ2v) is 6.26. The smallest absolute Gasteiger partial charge is 0.261 e. The number of carbonyl (C=O) groups is 2. The Morgan fingerprint density at radius 2 is 1.88 bits per heavy atom. The molecule has 3 N–H and O–H groups in total. The van der Waals surface area contributed by atoms with Crippen LogP contribution in [0.3, 0.4) is 0 Å². The highest BCUT2D eigenvalue weighted by atomic mass is 16.3. The van der Waals surface area contributed by atoms with Crippen LogP contribution < -0.4 is 10.9 Å². The molecule has 136 valence electrons. The monoisotopic (exact) mass is 355 g/mol. The number of nitrogens with zero attached hydrogens (tertiary/aromatic N) is 3. The van der Waals surface area contributed by atoms with E-state index in [-0.39, 0.29) is 23.1 Å². The summed E-state index contributed by atoms with van der Waals surface area (Å²) in [6.07, 6.45) is 1.28. The lowest BCUT2D eigenvalue weighted by Gasteiger charge is -2.24. The molecule has 2 heterocycles. The lowest BCUT2D eigenvalue weighted by atomic mass is 10.1. The molecule has 0 unspecified atom stereocenters. The Balaban J connectivity index is 1.68. The second-order valence-electron chi connectivity index (χ2n) is 6.26. The number of rotatable bonds is 4. The van der Waals surface area contributed by atoms with Crippen molar-refractivity contribution in [1.82, 2.24) is 20.3 Å². The number of aromatic nitrogens is 2. The number of carbonyl (C=O) groups excluding carboxylic acids is 2. The van der Waals surface area contributed by atoms with Crippen molar-refractivity contribution >= 4 is 17.8 Å². The van der Waals surface area contributed by atoms with Gasteiger partial charge in [0.15, 0.2) is 0 Å². The molecule has 1 aliphatic rings. The van der Waals surface area contributed by atoms with Gasteiger partial charge in [0.2, 0.25) is 5.95 Å². The average molecular weight is 355 g/mol. The van der Waals surface area contributed by atoms with Gasteiger partial charge in [-0.05, 0) is 44.9 Å². The summed E-state index contributed by atoms with van der Waals surface area (Å²) in [5.41, 5.74) is 7.04. The van der Waals surface area contributed by atoms with Crippen molar-refractivity contribution in [3.8, 4) is 5.75 Å². The van der Waals surface area contributed by atoms with E-state index in [2.05, 4.69) is 20.8 Å². The van der Waals surface area contributed by atoms with Gasteiger partial charge in [0.1, 0.15) is 11.8 Å². The van der Waals surface area contributed by atoms with E-state index in [0.29, 0.717) is 18.9 Å². The number of phenols is 1. The van der Waals surface area contributed by atoms with Crippen LogP contribution in [0.2, 0.25) is 0 Å². The number of nitrogens with one attached hydrogen (secondary N) is 2. The summed E-state index contributed by atoms with van der Waals surface area (Å²) in [6, 6.07) is 7.55. The first kappa shape index (κ1) is 17.7. The van der Waals surface area contributed by atoms with Gasteiger partial charge in [-0.3, -0.25) is 20.4 Å². The summed E-state index contributed by atoms with van der Waals surface area (Å²) in [5, 5.41) is 9.89. The summed E-state index contributed by atoms with van der Waals surface area (Å²) in [5.74, 6) is -0.491. The molecule has 1 aliphatic heterocycles. The van der Waals surface area contributed by atoms with Gasteiger partial charge in [0, 0.05) is 17.9 Å². The summed E-state index contributed by atoms with van der Waals surface area (Å²) >= 11 is 0. The summed E-state index contributed by atoms with van der Waals surface area (Å²) < 4.78 is 0. The Labute approximate surface area is 151 Å². The first-order chi connectivity index (χ1) is 12.5. The molecule has 0 aliphatic carbocycles. The summed E-state index contributed by atoms with van der Waals surface area (Å²) in [7, 11) is 0. The Morgan fingerprint density at radius 3 is 2.58 bits per heavy atom. The Bertz CT molecular complexity index is 819. The molecule has 1 atom stereocenters. The van der Waals surface area contributed by atoms with Crippen molar-refractivity contribution < 1.29 is 14.7 Å². The molecule has 26 heavy (non-hydrogen) atoms. The molecule has 1 saturated heterocycles. The molecule has 3 rings (SSSR count). The molecule has 2 aromatic rings. The van der Waals surface area contributed by atoms with Gasteiger partial charge in [-0.2, -0.15) is 0 Å². The second kappa shape index (κ2) is 7.38. The highest BCUT2D eigenvalue weighted by Gasteiger charge is 2.35. The minimum atomic E-state index is -0.611. The van der Waals surface area contributed by atoms with E-state index in [1.54, 1.807) is 18.2 Å². The van der Waals surface area contributed by atoms with Crippen LogP contribution in [0.1, 0.15) is 34.6 Å². The molecule has 8 heteroatoms. The lowest BCUT2D eigenvalue weighted by molar-refractivity contribution is -0.124. The topological polar surface area (TPSA) is 107 Å². The number of anilines is 1. The Kier molecular flexibility index (Phi) is 5.01. The lowest BCUT2D eigenvalue weighted by Crippen LogP contribution is -2.47. The highest BCUT2D eigenvalue weighted by Crippen LogP contribution is 2.24. The zero-order chi connectivity index (χ0) is 18.7. The predicted octanol–water partition coefficient (Wildman–Crippen LogP) is 1.55. The molecule has 2 amide bonds. The van der Waals surface area contributed by atoms with Crippen LogP contribution in [-0.4, -0.2) is 44.4 Å². The molecule has 0 saturated carbocycles. The van der Waals surface area contributed by atoms with E-state index >= 15 is 0 Å². The van der Waals surface area contributed by atoms with Crippen molar-refractivity contribution in [2.24, 2.45) is 0 Å². The molecule has 0 bridgehead atoms. The molecule has 1 aromatic heterocycles. The van der Waals surface area contributed by atoms with E-state index < -0.39 is 6.04 Å². The van der Waals surface area contributed by atoms with Gasteiger partial charge in [0.25, 0.3) is 11.8 Å². The molecule has 0 radical (unpaired) electrons. The molecule has 1 aromatic carbocycles. The average Bonchev–Trinajstić information content (AvgIpc) is 3.08. The van der Waals surface area contributed by atoms with Crippen LogP contribution in [-0.2, 0) is 4.79 Å². The highest BCUT2D eigenvalue weighted by molar-refractivity contribution is 6.00. The SMILES string of the molecule is Cc1cc(C)nc(NNC(=O)[C@@H]2CCCN2C(=O)c2ccccc2O)n1. The van der Waals surface area contributed by atoms with Gasteiger partial charge < -0.3 is 10.0 Å². The largest absolute Gasteiger partial charge is 0.507 e. The standard InChI is InChI=1S/C18H21N5O3/c1-11-10-12(2)20-18(19-11)22-21-16(25)14-7-5-9-23(14)17(26)13-6-3-4-8-15(13)24/h3-4,6,8,10,14,24H,5,7,9H2,1-2H3,(H,21,25)(H,19,20,22)/t14-/m0/s1. The summed E-state index contributed by atoms with van der Waals surface area (Å²) in [4.78, 5) is 35.1. The zero-order valence-corrected chi connectivity index (χ0v) is 14.7. The van der Waals surface area contributed by atoms with E-state index in [1.807, 2.05) is 19.9 Å². The number of aryl methyl sites for hydroxylation is 2. The predicted molar refractivity (Wildman–Crippen MR) is 95.4 cm³/mol. The van der Waals surface area contributed by atoms with Crippen LogP contribution in [0.5, 0.6) is 5.75 Å². The van der Waals surface area contributed by atoms with Crippen LogP contribution >= 0.6 is 0 Å². The molecule has 1 fully saturated rings. The fraction of sp³-hybridized carbons (Fsp3) is 0.333. The number of benzene rings is 1. The van der Waals surface area contributed by atoms with E-state index in [9.17, 15) is 14.7 Å². The minimum absolute atomic E-state index is 0.0923. The van der Waals surface area contributed by atoms with Gasteiger partial charge in [-0.15, -0.1) is 0 Å². The zero-order valence-electron chi connectivity index (χ0n) is 14.7. The van der Waals surface area contributed by atoms with Gasteiger partial charge in [-0.25, -0.2) is 9.97 Å². The van der Waals surface area contributed by atoms with Crippen molar-refractivity contribution in [3.63, 3.8) is 0 Å². The normalized spacial score (nSPS) is 16.4. The molecule has 0 spiro atoms. The third-order valence-corrected chi connectivity index (χ3v) is 4.23. The van der Waals surface area contributed by atoms with Crippen LogP contribution in [0, 0.1) is 13.8 Å². The van der Waals surface area contributed by atoms with Crippen molar-refractivity contribution in [2.45, 2.75) is 32.7 Å². The number of amides is 2. The minimum Gasteiger partial charge on any atom is -0.507 e. The van der Waals surface area contributed by atoms with Crippen molar-refractivity contribution in [1.29, 1.82) is 0 Å². The maximum absolute atomic E-state index is 12.7. The van der Waals surface area contributed by atoms with Crippen LogP contribution in [0.25, 0.3) is 0 Å². The van der Waals surface area contributed by atoms with Crippen LogP contribution in [0.4, 0.5) is 5.95 Å². The Morgan fingerprint density at radius 1 is 1.19 bits per heavy atom. The van der Waals surface area contributed by atoms with E-state index in [4.69, 9.17) is 0 Å².